The van der Waals surface area contributed by atoms with Crippen LogP contribution >= 0.6 is 12.4 Å². The summed E-state index contributed by atoms with van der Waals surface area (Å²) in [6, 6.07) is 0. The van der Waals surface area contributed by atoms with Crippen molar-refractivity contribution in [2.24, 2.45) is 5.92 Å². The van der Waals surface area contributed by atoms with Crippen LogP contribution in [-0.4, -0.2) is 52.0 Å². The summed E-state index contributed by atoms with van der Waals surface area (Å²) in [6.45, 7) is 4.81. The predicted octanol–water partition coefficient (Wildman–Crippen LogP) is 1.76. The molecule has 1 aromatic rings. The highest BCUT2D eigenvalue weighted by Crippen LogP contribution is 2.20. The van der Waals surface area contributed by atoms with Gasteiger partial charge >= 0.3 is 5.82 Å². The molecule has 0 saturated carbocycles. The highest BCUT2D eigenvalue weighted by atomic mass is 35.5. The standard InChI is InChI=1S/C15H25N5O3.ClH/c1-12-17-14(20(22)23)11-19(12)10-6-15(21)18-8-4-13(5-9-18)3-7-16-2;/h11,13,16H,3-10H2,1-2H3;1H. The van der Waals surface area contributed by atoms with Crippen LogP contribution in [0.4, 0.5) is 5.82 Å². The van der Waals surface area contributed by atoms with Crippen LogP contribution in [0.3, 0.4) is 0 Å². The van der Waals surface area contributed by atoms with Crippen molar-refractivity contribution in [2.75, 3.05) is 26.7 Å². The summed E-state index contributed by atoms with van der Waals surface area (Å²) in [6.07, 6.45) is 5.03. The maximum absolute atomic E-state index is 12.3. The average Bonchev–Trinajstić information content (AvgIpc) is 2.92. The molecule has 8 nitrogen and oxygen atoms in total. The molecule has 1 aromatic heterocycles. The third kappa shape index (κ3) is 5.45. The number of piperidine rings is 1. The van der Waals surface area contributed by atoms with Gasteiger partial charge in [0.05, 0.1) is 0 Å². The lowest BCUT2D eigenvalue weighted by Crippen LogP contribution is -2.39. The van der Waals surface area contributed by atoms with E-state index in [0.717, 1.165) is 38.9 Å². The van der Waals surface area contributed by atoms with Gasteiger partial charge < -0.3 is 24.9 Å². The van der Waals surface area contributed by atoms with Crippen molar-refractivity contribution in [1.29, 1.82) is 0 Å². The number of hydrogen-bond donors (Lipinski definition) is 1. The van der Waals surface area contributed by atoms with Crippen LogP contribution in [0.1, 0.15) is 31.5 Å². The Morgan fingerprint density at radius 3 is 2.67 bits per heavy atom. The molecule has 0 bridgehead atoms. The topological polar surface area (TPSA) is 93.3 Å². The van der Waals surface area contributed by atoms with E-state index >= 15 is 0 Å². The number of carbonyl (C=O) groups excluding carboxylic acids is 1. The molecule has 1 N–H and O–H groups in total. The van der Waals surface area contributed by atoms with Crippen LogP contribution in [0.25, 0.3) is 0 Å². The van der Waals surface area contributed by atoms with Crippen LogP contribution in [0.5, 0.6) is 0 Å². The van der Waals surface area contributed by atoms with Gasteiger partial charge in [0, 0.05) is 33.0 Å². The largest absolute Gasteiger partial charge is 0.381 e. The first-order chi connectivity index (χ1) is 11.0. The van der Waals surface area contributed by atoms with Gasteiger partial charge in [-0.2, -0.15) is 0 Å². The molecule has 0 spiro atoms. The maximum Gasteiger partial charge on any atom is 0.381 e. The number of halogens is 1. The van der Waals surface area contributed by atoms with Gasteiger partial charge in [0.15, 0.2) is 0 Å². The molecule has 1 aliphatic heterocycles. The van der Waals surface area contributed by atoms with Gasteiger partial charge in [-0.15, -0.1) is 12.4 Å². The monoisotopic (exact) mass is 359 g/mol. The molecule has 1 saturated heterocycles. The van der Waals surface area contributed by atoms with Gasteiger partial charge in [-0.3, -0.25) is 4.79 Å². The number of nitrogens with zero attached hydrogens (tertiary/aromatic N) is 4. The van der Waals surface area contributed by atoms with Crippen molar-refractivity contribution in [3.63, 3.8) is 0 Å². The smallest absolute Gasteiger partial charge is 0.358 e. The first kappa shape index (κ1) is 20.4. The Kier molecular flexibility index (Phi) is 8.14. The minimum absolute atomic E-state index is 0. The fraction of sp³-hybridized carbons (Fsp3) is 0.733. The van der Waals surface area contributed by atoms with Gasteiger partial charge in [0.1, 0.15) is 6.20 Å². The minimum Gasteiger partial charge on any atom is -0.358 e. The highest BCUT2D eigenvalue weighted by molar-refractivity contribution is 5.85. The molecule has 2 rings (SSSR count). The number of nitrogens with one attached hydrogen (secondary N) is 1. The average molecular weight is 360 g/mol. The molecule has 2 heterocycles. The first-order valence-electron chi connectivity index (χ1n) is 8.11. The Hall–Kier alpha value is -1.67. The van der Waals surface area contributed by atoms with E-state index in [1.54, 1.807) is 11.5 Å². The van der Waals surface area contributed by atoms with Crippen LogP contribution in [0, 0.1) is 23.0 Å². The van der Waals surface area contributed by atoms with Crippen molar-refractivity contribution < 1.29 is 9.72 Å². The summed E-state index contributed by atoms with van der Waals surface area (Å²) in [5, 5.41) is 13.9. The van der Waals surface area contributed by atoms with E-state index in [9.17, 15) is 14.9 Å². The van der Waals surface area contributed by atoms with Crippen LogP contribution in [-0.2, 0) is 11.3 Å². The van der Waals surface area contributed by atoms with Crippen molar-refractivity contribution >= 4 is 24.1 Å². The second-order valence-electron chi connectivity index (χ2n) is 6.06. The SMILES string of the molecule is CNCCC1CCN(C(=O)CCn2cc([N+](=O)[O-])nc2C)CC1.Cl. The number of aryl methyl sites for hydroxylation is 2. The summed E-state index contributed by atoms with van der Waals surface area (Å²) in [5.41, 5.74) is 0. The molecule has 0 aliphatic carbocycles. The van der Waals surface area contributed by atoms with E-state index in [1.165, 1.54) is 6.20 Å². The van der Waals surface area contributed by atoms with E-state index in [2.05, 4.69) is 10.3 Å². The van der Waals surface area contributed by atoms with Gasteiger partial charge in [-0.05, 0) is 48.7 Å². The lowest BCUT2D eigenvalue weighted by atomic mass is 9.93. The maximum atomic E-state index is 12.3. The van der Waals surface area contributed by atoms with Crippen molar-refractivity contribution in [3.8, 4) is 0 Å². The lowest BCUT2D eigenvalue weighted by Gasteiger charge is -2.32. The molecule has 1 amide bonds. The number of amides is 1. The van der Waals surface area contributed by atoms with Gasteiger partial charge in [0.25, 0.3) is 0 Å². The van der Waals surface area contributed by atoms with Crippen LogP contribution in [0.2, 0.25) is 0 Å². The van der Waals surface area contributed by atoms with E-state index in [1.807, 2.05) is 11.9 Å². The molecular formula is C15H26ClN5O3. The third-order valence-electron chi connectivity index (χ3n) is 4.49. The quantitative estimate of drug-likeness (QED) is 0.591. The second kappa shape index (κ2) is 9.58. The molecule has 0 atom stereocenters. The zero-order valence-corrected chi connectivity index (χ0v) is 15.0. The molecule has 24 heavy (non-hydrogen) atoms. The summed E-state index contributed by atoms with van der Waals surface area (Å²) in [7, 11) is 1.96. The predicted molar refractivity (Wildman–Crippen MR) is 93.3 cm³/mol. The summed E-state index contributed by atoms with van der Waals surface area (Å²) in [5.74, 6) is 1.22. The molecule has 9 heteroatoms. The Bertz CT molecular complexity index is 555. The van der Waals surface area contributed by atoms with Gasteiger partial charge in [-0.25, -0.2) is 0 Å². The van der Waals surface area contributed by atoms with Gasteiger partial charge in [0.2, 0.25) is 11.7 Å². The molecule has 1 fully saturated rings. The van der Waals surface area contributed by atoms with E-state index in [-0.39, 0.29) is 24.1 Å². The molecular weight excluding hydrogens is 334 g/mol. The number of rotatable bonds is 7. The Morgan fingerprint density at radius 1 is 1.46 bits per heavy atom. The third-order valence-corrected chi connectivity index (χ3v) is 4.49. The van der Waals surface area contributed by atoms with E-state index in [4.69, 9.17) is 0 Å². The number of nitro groups is 1. The zero-order chi connectivity index (χ0) is 16.8. The summed E-state index contributed by atoms with van der Waals surface area (Å²) < 4.78 is 1.68. The fourth-order valence-corrected chi connectivity index (χ4v) is 3.00. The summed E-state index contributed by atoms with van der Waals surface area (Å²) in [4.78, 5) is 28.3. The van der Waals surface area contributed by atoms with Crippen molar-refractivity contribution in [3.05, 3.63) is 22.1 Å². The Labute approximate surface area is 148 Å². The summed E-state index contributed by atoms with van der Waals surface area (Å²) >= 11 is 0. The molecule has 136 valence electrons. The van der Waals surface area contributed by atoms with Crippen LogP contribution < -0.4 is 5.32 Å². The molecule has 1 aliphatic rings. The Morgan fingerprint density at radius 2 is 2.12 bits per heavy atom. The number of likely N-dealkylation sites (tertiary alicyclic amines) is 1. The molecule has 0 radical (unpaired) electrons. The molecule has 0 unspecified atom stereocenters. The Balaban J connectivity index is 0.00000288. The normalized spacial score (nSPS) is 15.2. The van der Waals surface area contributed by atoms with Gasteiger partial charge in [-0.1, -0.05) is 0 Å². The highest BCUT2D eigenvalue weighted by Gasteiger charge is 2.23. The van der Waals surface area contributed by atoms with Crippen molar-refractivity contribution in [2.45, 2.75) is 39.2 Å². The number of carbonyl (C=O) groups is 1. The zero-order valence-electron chi connectivity index (χ0n) is 14.2. The fourth-order valence-electron chi connectivity index (χ4n) is 3.00. The number of hydrogen-bond acceptors (Lipinski definition) is 5. The van der Waals surface area contributed by atoms with E-state index < -0.39 is 4.92 Å². The molecule has 0 aromatic carbocycles. The lowest BCUT2D eigenvalue weighted by molar-refractivity contribution is -0.389. The second-order valence-corrected chi connectivity index (χ2v) is 6.06. The number of aromatic nitrogens is 2. The first-order valence-corrected chi connectivity index (χ1v) is 8.11. The minimum atomic E-state index is -0.513. The van der Waals surface area contributed by atoms with Crippen LogP contribution in [0.15, 0.2) is 6.20 Å². The van der Waals surface area contributed by atoms with Crippen molar-refractivity contribution in [1.82, 2.24) is 19.8 Å². The van der Waals surface area contributed by atoms with E-state index in [0.29, 0.717) is 24.7 Å². The number of imidazole rings is 1.